The largest absolute Gasteiger partial charge is 0.349 e. The zero-order valence-corrected chi connectivity index (χ0v) is 9.43. The Morgan fingerprint density at radius 2 is 1.94 bits per heavy atom. The van der Waals surface area contributed by atoms with Crippen LogP contribution in [0.4, 0.5) is 0 Å². The van der Waals surface area contributed by atoms with Crippen LogP contribution in [0.5, 0.6) is 0 Å². The molecule has 0 radical (unpaired) electrons. The third-order valence-electron chi connectivity index (χ3n) is 2.05. The van der Waals surface area contributed by atoms with E-state index in [0.29, 0.717) is 6.54 Å². The fraction of sp³-hybridized carbons (Fsp3) is 0.273. The lowest BCUT2D eigenvalue weighted by atomic mass is 10.2. The van der Waals surface area contributed by atoms with Crippen LogP contribution in [0, 0.1) is 0 Å². The lowest BCUT2D eigenvalue weighted by Gasteiger charge is -2.15. The molecule has 4 N–H and O–H groups in total. The molecular formula is C11H15N3O3. The summed E-state index contributed by atoms with van der Waals surface area (Å²) in [5, 5.41) is 13.5. The normalized spacial score (nSPS) is 11.6. The molecule has 1 aromatic carbocycles. The minimum atomic E-state index is -1.14. The molecule has 92 valence electrons. The Morgan fingerprint density at radius 1 is 1.29 bits per heavy atom. The van der Waals surface area contributed by atoms with Gasteiger partial charge >= 0.3 is 0 Å². The lowest BCUT2D eigenvalue weighted by Crippen LogP contribution is -2.53. The zero-order chi connectivity index (χ0) is 12.7. The van der Waals surface area contributed by atoms with Gasteiger partial charge in [-0.2, -0.15) is 5.48 Å². The maximum absolute atomic E-state index is 11.5. The first-order valence-corrected chi connectivity index (χ1v) is 5.12. The SMILES string of the molecule is CC(=O)N[C@H](NO)C(=O)NCc1ccccc1. The average Bonchev–Trinajstić information content (AvgIpc) is 2.34. The van der Waals surface area contributed by atoms with Crippen molar-refractivity contribution >= 4 is 11.8 Å². The van der Waals surface area contributed by atoms with Crippen molar-refractivity contribution in [1.82, 2.24) is 16.1 Å². The summed E-state index contributed by atoms with van der Waals surface area (Å²) in [6.07, 6.45) is -1.14. The fourth-order valence-corrected chi connectivity index (χ4v) is 1.25. The van der Waals surface area contributed by atoms with Gasteiger partial charge in [0.1, 0.15) is 0 Å². The molecule has 0 bridgehead atoms. The lowest BCUT2D eigenvalue weighted by molar-refractivity contribution is -0.132. The fourth-order valence-electron chi connectivity index (χ4n) is 1.25. The molecule has 1 atom stereocenters. The molecule has 0 fully saturated rings. The third-order valence-corrected chi connectivity index (χ3v) is 2.05. The van der Waals surface area contributed by atoms with Gasteiger partial charge in [-0.3, -0.25) is 9.59 Å². The number of carbonyl (C=O) groups excluding carboxylic acids is 2. The first-order chi connectivity index (χ1) is 8.13. The maximum atomic E-state index is 11.5. The summed E-state index contributed by atoms with van der Waals surface area (Å²) in [5.74, 6) is -0.919. The third kappa shape index (κ3) is 4.62. The van der Waals surface area contributed by atoms with Crippen LogP contribution < -0.4 is 16.1 Å². The molecule has 0 aromatic heterocycles. The van der Waals surface area contributed by atoms with E-state index in [1.165, 1.54) is 6.92 Å². The van der Waals surface area contributed by atoms with Crippen molar-refractivity contribution in [1.29, 1.82) is 0 Å². The van der Waals surface area contributed by atoms with Crippen LogP contribution in [-0.4, -0.2) is 23.2 Å². The monoisotopic (exact) mass is 237 g/mol. The molecule has 2 amide bonds. The number of hydroxylamine groups is 1. The van der Waals surface area contributed by atoms with Crippen molar-refractivity contribution < 1.29 is 14.8 Å². The topological polar surface area (TPSA) is 90.5 Å². The number of rotatable bonds is 5. The van der Waals surface area contributed by atoms with Gasteiger partial charge in [0.25, 0.3) is 5.91 Å². The number of hydrogen-bond donors (Lipinski definition) is 4. The van der Waals surface area contributed by atoms with Gasteiger partial charge in [-0.1, -0.05) is 30.3 Å². The molecule has 1 rings (SSSR count). The Morgan fingerprint density at radius 3 is 2.47 bits per heavy atom. The summed E-state index contributed by atoms with van der Waals surface area (Å²) >= 11 is 0. The van der Waals surface area contributed by atoms with E-state index in [0.717, 1.165) is 5.56 Å². The molecule has 6 nitrogen and oxygen atoms in total. The molecule has 0 unspecified atom stereocenters. The summed E-state index contributed by atoms with van der Waals surface area (Å²) in [4.78, 5) is 22.3. The second kappa shape index (κ2) is 6.62. The molecule has 6 heteroatoms. The number of nitrogens with one attached hydrogen (secondary N) is 3. The van der Waals surface area contributed by atoms with E-state index in [2.05, 4.69) is 10.6 Å². The first-order valence-electron chi connectivity index (χ1n) is 5.12. The van der Waals surface area contributed by atoms with Gasteiger partial charge < -0.3 is 15.8 Å². The second-order valence-electron chi connectivity index (χ2n) is 3.47. The predicted octanol–water partition coefficient (Wildman–Crippen LogP) is -0.256. The highest BCUT2D eigenvalue weighted by Gasteiger charge is 2.17. The minimum absolute atomic E-state index is 0.331. The van der Waals surface area contributed by atoms with Crippen molar-refractivity contribution in [2.24, 2.45) is 0 Å². The smallest absolute Gasteiger partial charge is 0.259 e. The van der Waals surface area contributed by atoms with Gasteiger partial charge in [-0.15, -0.1) is 0 Å². The molecule has 17 heavy (non-hydrogen) atoms. The van der Waals surface area contributed by atoms with Crippen molar-refractivity contribution in [2.75, 3.05) is 0 Å². The molecule has 1 aromatic rings. The second-order valence-corrected chi connectivity index (χ2v) is 3.47. The van der Waals surface area contributed by atoms with Crippen LogP contribution in [0.3, 0.4) is 0 Å². The molecule has 0 aliphatic heterocycles. The number of hydrogen-bond acceptors (Lipinski definition) is 4. The maximum Gasteiger partial charge on any atom is 0.259 e. The van der Waals surface area contributed by atoms with Gasteiger partial charge in [-0.05, 0) is 5.56 Å². The molecule has 0 aliphatic carbocycles. The average molecular weight is 237 g/mol. The molecular weight excluding hydrogens is 222 g/mol. The minimum Gasteiger partial charge on any atom is -0.349 e. The van der Waals surface area contributed by atoms with E-state index in [4.69, 9.17) is 5.21 Å². The number of amides is 2. The summed E-state index contributed by atoms with van der Waals surface area (Å²) < 4.78 is 0. The van der Waals surface area contributed by atoms with Gasteiger partial charge in [0, 0.05) is 13.5 Å². The summed E-state index contributed by atoms with van der Waals surface area (Å²) in [7, 11) is 0. The van der Waals surface area contributed by atoms with Crippen LogP contribution in [0.1, 0.15) is 12.5 Å². The van der Waals surface area contributed by atoms with Crippen LogP contribution in [0.15, 0.2) is 30.3 Å². The summed E-state index contributed by atoms with van der Waals surface area (Å²) in [5.41, 5.74) is 2.66. The Labute approximate surface area is 99.0 Å². The summed E-state index contributed by atoms with van der Waals surface area (Å²) in [6, 6.07) is 9.31. The van der Waals surface area contributed by atoms with Crippen LogP contribution in [0.2, 0.25) is 0 Å². The molecule has 0 saturated carbocycles. The van der Waals surface area contributed by atoms with E-state index < -0.39 is 18.0 Å². The molecule has 0 saturated heterocycles. The van der Waals surface area contributed by atoms with Crippen molar-refractivity contribution in [3.05, 3.63) is 35.9 Å². The van der Waals surface area contributed by atoms with E-state index in [-0.39, 0.29) is 0 Å². The van der Waals surface area contributed by atoms with Gasteiger partial charge in [0.05, 0.1) is 0 Å². The van der Waals surface area contributed by atoms with Crippen LogP contribution >= 0.6 is 0 Å². The molecule has 0 heterocycles. The van der Waals surface area contributed by atoms with E-state index in [1.807, 2.05) is 30.3 Å². The highest BCUT2D eigenvalue weighted by molar-refractivity contribution is 5.86. The Hall–Kier alpha value is -1.92. The van der Waals surface area contributed by atoms with E-state index in [1.54, 1.807) is 5.48 Å². The zero-order valence-electron chi connectivity index (χ0n) is 9.43. The van der Waals surface area contributed by atoms with Gasteiger partial charge in [0.2, 0.25) is 5.91 Å². The van der Waals surface area contributed by atoms with Crippen molar-refractivity contribution in [3.63, 3.8) is 0 Å². The highest BCUT2D eigenvalue weighted by Crippen LogP contribution is 1.97. The number of carbonyl (C=O) groups is 2. The van der Waals surface area contributed by atoms with Crippen molar-refractivity contribution in [2.45, 2.75) is 19.6 Å². The van der Waals surface area contributed by atoms with Crippen LogP contribution in [0.25, 0.3) is 0 Å². The van der Waals surface area contributed by atoms with E-state index in [9.17, 15) is 9.59 Å². The number of benzene rings is 1. The van der Waals surface area contributed by atoms with E-state index >= 15 is 0 Å². The highest BCUT2D eigenvalue weighted by atomic mass is 16.5. The predicted molar refractivity (Wildman–Crippen MR) is 60.8 cm³/mol. The molecule has 0 spiro atoms. The quantitative estimate of drug-likeness (QED) is 0.419. The van der Waals surface area contributed by atoms with Crippen molar-refractivity contribution in [3.8, 4) is 0 Å². The summed E-state index contributed by atoms with van der Waals surface area (Å²) in [6.45, 7) is 1.59. The Bertz CT molecular complexity index is 381. The standard InChI is InChI=1S/C11H15N3O3/c1-8(15)13-10(14-17)11(16)12-7-9-5-3-2-4-6-9/h2-6,10,14,17H,7H2,1H3,(H,12,16)(H,13,15)/t10-/m1/s1. The van der Waals surface area contributed by atoms with Crippen LogP contribution in [-0.2, 0) is 16.1 Å². The Kier molecular flexibility index (Phi) is 5.12. The molecule has 0 aliphatic rings. The van der Waals surface area contributed by atoms with Gasteiger partial charge in [-0.25, -0.2) is 0 Å². The Balaban J connectivity index is 2.45. The van der Waals surface area contributed by atoms with Gasteiger partial charge in [0.15, 0.2) is 6.17 Å². The first kappa shape index (κ1) is 13.1.